The highest BCUT2D eigenvalue weighted by Gasteiger charge is 2.02. The lowest BCUT2D eigenvalue weighted by atomic mass is 10.1. The van der Waals surface area contributed by atoms with E-state index < -0.39 is 6.09 Å². The van der Waals surface area contributed by atoms with E-state index in [1.807, 2.05) is 24.3 Å². The van der Waals surface area contributed by atoms with Gasteiger partial charge in [-0.3, -0.25) is 5.32 Å². The molecule has 16 heavy (non-hydrogen) atoms. The number of hydrogen-bond donors (Lipinski definition) is 2. The van der Waals surface area contributed by atoms with Crippen LogP contribution in [0.3, 0.4) is 0 Å². The first kappa shape index (κ1) is 12.5. The Kier molecular flexibility index (Phi) is 5.36. The molecule has 1 aromatic carbocycles. The molecule has 0 aliphatic rings. The molecule has 1 rings (SSSR count). The van der Waals surface area contributed by atoms with Crippen LogP contribution in [0.2, 0.25) is 0 Å². The molecular formula is C12H18N2O2. The van der Waals surface area contributed by atoms with Crippen LogP contribution in [-0.4, -0.2) is 19.2 Å². The van der Waals surface area contributed by atoms with Gasteiger partial charge in [0.2, 0.25) is 0 Å². The van der Waals surface area contributed by atoms with E-state index in [1.165, 1.54) is 5.56 Å². The number of carbonyl (C=O) groups excluding carboxylic acids is 1. The third-order valence-corrected chi connectivity index (χ3v) is 2.12. The highest BCUT2D eigenvalue weighted by atomic mass is 16.5. The van der Waals surface area contributed by atoms with E-state index in [2.05, 4.69) is 5.32 Å². The van der Waals surface area contributed by atoms with Crippen LogP contribution in [0.5, 0.6) is 0 Å². The molecule has 1 aromatic rings. The predicted octanol–water partition coefficient (Wildman–Crippen LogP) is 2.15. The number of aryl methyl sites for hydroxylation is 1. The summed E-state index contributed by atoms with van der Waals surface area (Å²) in [5.74, 6) is 0. The van der Waals surface area contributed by atoms with Crippen LogP contribution in [0.4, 0.5) is 10.5 Å². The molecule has 3 N–H and O–H groups in total. The molecule has 0 spiro atoms. The van der Waals surface area contributed by atoms with Gasteiger partial charge in [-0.15, -0.1) is 0 Å². The zero-order valence-corrected chi connectivity index (χ0v) is 9.53. The van der Waals surface area contributed by atoms with Crippen molar-refractivity contribution in [2.75, 3.05) is 18.5 Å². The number of rotatable bonds is 5. The minimum absolute atomic E-state index is 0.374. The number of anilines is 1. The summed E-state index contributed by atoms with van der Waals surface area (Å²) in [4.78, 5) is 11.2. The van der Waals surface area contributed by atoms with Crippen LogP contribution in [0.25, 0.3) is 0 Å². The maximum absolute atomic E-state index is 11.2. The van der Waals surface area contributed by atoms with E-state index in [0.717, 1.165) is 18.5 Å². The topological polar surface area (TPSA) is 64.3 Å². The van der Waals surface area contributed by atoms with Gasteiger partial charge >= 0.3 is 6.09 Å². The van der Waals surface area contributed by atoms with Crippen molar-refractivity contribution in [1.82, 2.24) is 0 Å². The average molecular weight is 222 g/mol. The Bertz CT molecular complexity index is 340. The smallest absolute Gasteiger partial charge is 0.411 e. The van der Waals surface area contributed by atoms with Crippen LogP contribution < -0.4 is 11.1 Å². The molecular weight excluding hydrogens is 204 g/mol. The molecule has 4 nitrogen and oxygen atoms in total. The Hall–Kier alpha value is -1.55. The van der Waals surface area contributed by atoms with Gasteiger partial charge in [-0.2, -0.15) is 0 Å². The second-order valence-electron chi connectivity index (χ2n) is 3.44. The third kappa shape index (κ3) is 4.31. The van der Waals surface area contributed by atoms with E-state index >= 15 is 0 Å². The minimum Gasteiger partial charge on any atom is -0.450 e. The van der Waals surface area contributed by atoms with Gasteiger partial charge in [0.25, 0.3) is 0 Å². The fourth-order valence-corrected chi connectivity index (χ4v) is 1.40. The van der Waals surface area contributed by atoms with Crippen LogP contribution in [0, 0.1) is 0 Å². The van der Waals surface area contributed by atoms with E-state index in [4.69, 9.17) is 10.5 Å². The van der Waals surface area contributed by atoms with Gasteiger partial charge in [0.1, 0.15) is 0 Å². The van der Waals surface area contributed by atoms with Crippen molar-refractivity contribution in [3.8, 4) is 0 Å². The Morgan fingerprint density at radius 3 is 3.00 bits per heavy atom. The monoisotopic (exact) mass is 222 g/mol. The van der Waals surface area contributed by atoms with Gasteiger partial charge in [-0.1, -0.05) is 12.1 Å². The maximum Gasteiger partial charge on any atom is 0.411 e. The molecule has 0 heterocycles. The Labute approximate surface area is 95.8 Å². The van der Waals surface area contributed by atoms with Crippen molar-refractivity contribution < 1.29 is 9.53 Å². The van der Waals surface area contributed by atoms with Crippen molar-refractivity contribution in [3.63, 3.8) is 0 Å². The first-order valence-electron chi connectivity index (χ1n) is 5.49. The molecule has 0 fully saturated rings. The Balaban J connectivity index is 2.56. The second-order valence-corrected chi connectivity index (χ2v) is 3.44. The zero-order chi connectivity index (χ0) is 11.8. The SMILES string of the molecule is CCOC(=O)Nc1cccc(CCCN)c1. The van der Waals surface area contributed by atoms with Gasteiger partial charge in [0.05, 0.1) is 6.61 Å². The van der Waals surface area contributed by atoms with E-state index in [0.29, 0.717) is 13.2 Å². The zero-order valence-electron chi connectivity index (χ0n) is 9.53. The molecule has 0 atom stereocenters. The Morgan fingerprint density at radius 2 is 2.31 bits per heavy atom. The molecule has 0 aliphatic heterocycles. The van der Waals surface area contributed by atoms with Gasteiger partial charge in [-0.25, -0.2) is 4.79 Å². The third-order valence-electron chi connectivity index (χ3n) is 2.12. The molecule has 0 aromatic heterocycles. The molecule has 0 aliphatic carbocycles. The van der Waals surface area contributed by atoms with Gasteiger partial charge in [0, 0.05) is 5.69 Å². The lowest BCUT2D eigenvalue weighted by Gasteiger charge is -2.07. The summed E-state index contributed by atoms with van der Waals surface area (Å²) in [5.41, 5.74) is 7.37. The van der Waals surface area contributed by atoms with Crippen LogP contribution in [-0.2, 0) is 11.2 Å². The molecule has 0 radical (unpaired) electrons. The second kappa shape index (κ2) is 6.85. The van der Waals surface area contributed by atoms with Crippen LogP contribution in [0.1, 0.15) is 18.9 Å². The highest BCUT2D eigenvalue weighted by Crippen LogP contribution is 2.12. The predicted molar refractivity (Wildman–Crippen MR) is 64.5 cm³/mol. The van der Waals surface area contributed by atoms with Crippen LogP contribution in [0.15, 0.2) is 24.3 Å². The number of amides is 1. The largest absolute Gasteiger partial charge is 0.450 e. The summed E-state index contributed by atoms with van der Waals surface area (Å²) in [5, 5.41) is 2.67. The standard InChI is InChI=1S/C12H18N2O2/c1-2-16-12(15)14-11-7-3-5-10(9-11)6-4-8-13/h3,5,7,9H,2,4,6,8,13H2,1H3,(H,14,15). The number of ether oxygens (including phenoxy) is 1. The van der Waals surface area contributed by atoms with Crippen LogP contribution >= 0.6 is 0 Å². The Morgan fingerprint density at radius 1 is 1.50 bits per heavy atom. The summed E-state index contributed by atoms with van der Waals surface area (Å²) in [7, 11) is 0. The number of nitrogens with two attached hydrogens (primary N) is 1. The molecule has 4 heteroatoms. The summed E-state index contributed by atoms with van der Waals surface area (Å²) >= 11 is 0. The fraction of sp³-hybridized carbons (Fsp3) is 0.417. The van der Waals surface area contributed by atoms with Crippen molar-refractivity contribution in [3.05, 3.63) is 29.8 Å². The molecule has 0 saturated heterocycles. The fourth-order valence-electron chi connectivity index (χ4n) is 1.40. The summed E-state index contributed by atoms with van der Waals surface area (Å²) < 4.78 is 4.80. The number of carbonyl (C=O) groups is 1. The minimum atomic E-state index is -0.418. The summed E-state index contributed by atoms with van der Waals surface area (Å²) in [6, 6.07) is 7.70. The molecule has 88 valence electrons. The first-order chi connectivity index (χ1) is 7.76. The first-order valence-corrected chi connectivity index (χ1v) is 5.49. The normalized spacial score (nSPS) is 9.88. The maximum atomic E-state index is 11.2. The van der Waals surface area contributed by atoms with E-state index in [1.54, 1.807) is 6.92 Å². The van der Waals surface area contributed by atoms with Crippen molar-refractivity contribution in [2.24, 2.45) is 5.73 Å². The lowest BCUT2D eigenvalue weighted by molar-refractivity contribution is 0.168. The average Bonchev–Trinajstić information content (AvgIpc) is 2.27. The molecule has 1 amide bonds. The van der Waals surface area contributed by atoms with Crippen molar-refractivity contribution in [2.45, 2.75) is 19.8 Å². The summed E-state index contributed by atoms with van der Waals surface area (Å²) in [6.07, 6.45) is 1.45. The van der Waals surface area contributed by atoms with Crippen molar-refractivity contribution >= 4 is 11.8 Å². The quantitative estimate of drug-likeness (QED) is 0.802. The molecule has 0 unspecified atom stereocenters. The van der Waals surface area contributed by atoms with Gasteiger partial charge in [-0.05, 0) is 44.0 Å². The number of nitrogens with one attached hydrogen (secondary N) is 1. The molecule has 0 saturated carbocycles. The molecule has 0 bridgehead atoms. The van der Waals surface area contributed by atoms with E-state index in [-0.39, 0.29) is 0 Å². The number of hydrogen-bond acceptors (Lipinski definition) is 3. The summed E-state index contributed by atoms with van der Waals surface area (Å²) in [6.45, 7) is 2.82. The highest BCUT2D eigenvalue weighted by molar-refractivity contribution is 5.84. The van der Waals surface area contributed by atoms with Gasteiger partial charge < -0.3 is 10.5 Å². The van der Waals surface area contributed by atoms with E-state index in [9.17, 15) is 4.79 Å². The number of benzene rings is 1. The van der Waals surface area contributed by atoms with Crippen molar-refractivity contribution in [1.29, 1.82) is 0 Å². The lowest BCUT2D eigenvalue weighted by Crippen LogP contribution is -2.13. The van der Waals surface area contributed by atoms with Gasteiger partial charge in [0.15, 0.2) is 0 Å².